The number of anilines is 2. The summed E-state index contributed by atoms with van der Waals surface area (Å²) in [5, 5.41) is 2.79. The molecule has 0 aliphatic heterocycles. The Bertz CT molecular complexity index is 435. The van der Waals surface area contributed by atoms with Crippen LogP contribution in [-0.4, -0.2) is 30.1 Å². The minimum Gasteiger partial charge on any atom is -0.448 e. The van der Waals surface area contributed by atoms with Crippen LogP contribution >= 0.6 is 0 Å². The van der Waals surface area contributed by atoms with Crippen LogP contribution in [0.4, 0.5) is 16.3 Å². The van der Waals surface area contributed by atoms with Crippen molar-refractivity contribution in [3.05, 3.63) is 17.8 Å². The van der Waals surface area contributed by atoms with Crippen molar-refractivity contribution in [2.75, 3.05) is 24.2 Å². The van der Waals surface area contributed by atoms with E-state index in [-0.39, 0.29) is 18.8 Å². The van der Waals surface area contributed by atoms with Crippen molar-refractivity contribution in [1.82, 2.24) is 4.98 Å². The van der Waals surface area contributed by atoms with E-state index < -0.39 is 12.0 Å². The highest BCUT2D eigenvalue weighted by Gasteiger charge is 2.06. The summed E-state index contributed by atoms with van der Waals surface area (Å²) >= 11 is 0. The number of rotatable bonds is 5. The Morgan fingerprint density at radius 1 is 1.35 bits per heavy atom. The lowest BCUT2D eigenvalue weighted by Crippen LogP contribution is -2.20. The number of primary amides is 2. The molecule has 0 fully saturated rings. The number of ether oxygens (including phenoxy) is 1. The third-order valence-electron chi connectivity index (χ3n) is 1.82. The largest absolute Gasteiger partial charge is 0.448 e. The summed E-state index contributed by atoms with van der Waals surface area (Å²) in [6, 6.07) is 2.92. The van der Waals surface area contributed by atoms with E-state index in [9.17, 15) is 9.59 Å². The zero-order valence-corrected chi connectivity index (χ0v) is 8.97. The van der Waals surface area contributed by atoms with Gasteiger partial charge in [0, 0.05) is 0 Å². The first-order valence-electron chi connectivity index (χ1n) is 4.73. The van der Waals surface area contributed by atoms with Gasteiger partial charge in [0.05, 0.1) is 12.2 Å². The zero-order chi connectivity index (χ0) is 12.8. The van der Waals surface area contributed by atoms with Crippen molar-refractivity contribution in [2.45, 2.75) is 0 Å². The number of nitrogens with one attached hydrogen (secondary N) is 1. The van der Waals surface area contributed by atoms with E-state index in [4.69, 9.17) is 17.2 Å². The number of nitrogen functional groups attached to an aromatic ring is 1. The Morgan fingerprint density at radius 2 is 2.06 bits per heavy atom. The van der Waals surface area contributed by atoms with Gasteiger partial charge in [-0.15, -0.1) is 0 Å². The molecule has 17 heavy (non-hydrogen) atoms. The molecule has 1 aromatic heterocycles. The number of amides is 2. The third kappa shape index (κ3) is 3.86. The van der Waals surface area contributed by atoms with Crippen LogP contribution < -0.4 is 22.5 Å². The molecule has 8 nitrogen and oxygen atoms in total. The number of pyridine rings is 1. The van der Waals surface area contributed by atoms with Crippen molar-refractivity contribution >= 4 is 23.5 Å². The van der Waals surface area contributed by atoms with Gasteiger partial charge in [0.1, 0.15) is 18.1 Å². The van der Waals surface area contributed by atoms with Gasteiger partial charge < -0.3 is 27.3 Å². The second-order valence-electron chi connectivity index (χ2n) is 3.09. The molecule has 0 saturated heterocycles. The Morgan fingerprint density at radius 3 is 2.65 bits per heavy atom. The molecule has 0 spiro atoms. The maximum absolute atomic E-state index is 10.9. The number of nitrogens with zero attached hydrogens (tertiary/aromatic N) is 1. The topological polar surface area (TPSA) is 146 Å². The minimum absolute atomic E-state index is 0.0667. The van der Waals surface area contributed by atoms with Gasteiger partial charge in [-0.2, -0.15) is 0 Å². The summed E-state index contributed by atoms with van der Waals surface area (Å²) in [6.45, 7) is 0.333. The predicted molar refractivity (Wildman–Crippen MR) is 61.2 cm³/mol. The van der Waals surface area contributed by atoms with E-state index in [1.807, 2.05) is 0 Å². The van der Waals surface area contributed by atoms with Crippen molar-refractivity contribution < 1.29 is 14.3 Å². The van der Waals surface area contributed by atoms with E-state index in [1.54, 1.807) is 0 Å². The summed E-state index contributed by atoms with van der Waals surface area (Å²) in [5.41, 5.74) is 15.9. The molecule has 0 atom stereocenters. The molecular weight excluding hydrogens is 226 g/mol. The average Bonchev–Trinajstić information content (AvgIpc) is 2.25. The highest BCUT2D eigenvalue weighted by atomic mass is 16.5. The fraction of sp³-hybridized carbons (Fsp3) is 0.222. The number of carbonyl (C=O) groups is 2. The van der Waals surface area contributed by atoms with Gasteiger partial charge in [0.2, 0.25) is 0 Å². The van der Waals surface area contributed by atoms with Crippen LogP contribution in [-0.2, 0) is 4.74 Å². The molecule has 1 rings (SSSR count). The number of aromatic nitrogens is 1. The van der Waals surface area contributed by atoms with Crippen molar-refractivity contribution in [1.29, 1.82) is 0 Å². The van der Waals surface area contributed by atoms with Gasteiger partial charge in [0.15, 0.2) is 0 Å². The van der Waals surface area contributed by atoms with Crippen LogP contribution in [0.1, 0.15) is 10.5 Å². The Labute approximate surface area is 97.1 Å². The van der Waals surface area contributed by atoms with Crippen LogP contribution in [0.2, 0.25) is 0 Å². The number of hydrogen-bond donors (Lipinski definition) is 4. The first-order chi connectivity index (χ1) is 8.00. The third-order valence-corrected chi connectivity index (χ3v) is 1.82. The SMILES string of the molecule is NC(=O)OCCNc1nc(C(N)=O)ccc1N. The minimum atomic E-state index is -0.862. The van der Waals surface area contributed by atoms with Crippen LogP contribution in [0.3, 0.4) is 0 Å². The van der Waals surface area contributed by atoms with E-state index in [0.29, 0.717) is 11.5 Å². The number of carbonyl (C=O) groups excluding carboxylic acids is 2. The van der Waals surface area contributed by atoms with Crippen LogP contribution in [0.15, 0.2) is 12.1 Å². The molecule has 0 saturated carbocycles. The summed E-state index contributed by atoms with van der Waals surface area (Å²) < 4.78 is 4.50. The normalized spacial score (nSPS) is 9.65. The second kappa shape index (κ2) is 5.54. The Balaban J connectivity index is 2.60. The monoisotopic (exact) mass is 239 g/mol. The van der Waals surface area contributed by atoms with E-state index in [2.05, 4.69) is 15.0 Å². The zero-order valence-electron chi connectivity index (χ0n) is 8.97. The molecule has 0 aliphatic rings. The highest BCUT2D eigenvalue weighted by Crippen LogP contribution is 2.14. The van der Waals surface area contributed by atoms with Gasteiger partial charge >= 0.3 is 6.09 Å². The second-order valence-corrected chi connectivity index (χ2v) is 3.09. The highest BCUT2D eigenvalue weighted by molar-refractivity contribution is 5.91. The maximum atomic E-state index is 10.9. The van der Waals surface area contributed by atoms with E-state index in [0.717, 1.165) is 0 Å². The van der Waals surface area contributed by atoms with E-state index in [1.165, 1.54) is 12.1 Å². The summed E-state index contributed by atoms with van der Waals surface area (Å²) in [7, 11) is 0. The quantitative estimate of drug-likeness (QED) is 0.498. The van der Waals surface area contributed by atoms with Gasteiger partial charge in [-0.1, -0.05) is 0 Å². The van der Waals surface area contributed by atoms with Gasteiger partial charge in [-0.25, -0.2) is 9.78 Å². The maximum Gasteiger partial charge on any atom is 0.404 e. The summed E-state index contributed by atoms with van der Waals surface area (Å²) in [6.07, 6.45) is -0.862. The molecule has 0 unspecified atom stereocenters. The summed E-state index contributed by atoms with van der Waals surface area (Å²) in [4.78, 5) is 25.1. The number of nitrogens with two attached hydrogens (primary N) is 3. The first kappa shape index (κ1) is 12.6. The molecule has 2 amide bonds. The molecule has 7 N–H and O–H groups in total. The van der Waals surface area contributed by atoms with Gasteiger partial charge in [0.25, 0.3) is 5.91 Å². The molecule has 92 valence electrons. The van der Waals surface area contributed by atoms with Gasteiger partial charge in [-0.3, -0.25) is 4.79 Å². The predicted octanol–water partition coefficient (Wildman–Crippen LogP) is -0.730. The van der Waals surface area contributed by atoms with Crippen molar-refractivity contribution in [3.63, 3.8) is 0 Å². The molecule has 1 aromatic rings. The average molecular weight is 239 g/mol. The fourth-order valence-electron chi connectivity index (χ4n) is 1.07. The van der Waals surface area contributed by atoms with E-state index >= 15 is 0 Å². The molecule has 0 radical (unpaired) electrons. The molecule has 8 heteroatoms. The van der Waals surface area contributed by atoms with Crippen molar-refractivity contribution in [3.8, 4) is 0 Å². The van der Waals surface area contributed by atoms with Crippen LogP contribution in [0, 0.1) is 0 Å². The molecule has 0 aliphatic carbocycles. The lowest BCUT2D eigenvalue weighted by Gasteiger charge is -2.08. The smallest absolute Gasteiger partial charge is 0.404 e. The molecule has 0 aromatic carbocycles. The molecule has 0 bridgehead atoms. The van der Waals surface area contributed by atoms with Gasteiger partial charge in [-0.05, 0) is 12.1 Å². The Kier molecular flexibility index (Phi) is 4.09. The number of hydrogen-bond acceptors (Lipinski definition) is 6. The molecule has 1 heterocycles. The van der Waals surface area contributed by atoms with Crippen molar-refractivity contribution in [2.24, 2.45) is 11.5 Å². The summed E-state index contributed by atoms with van der Waals surface area (Å²) in [5.74, 6) is -0.351. The Hall–Kier alpha value is -2.51. The lowest BCUT2D eigenvalue weighted by molar-refractivity contribution is 0.0995. The lowest BCUT2D eigenvalue weighted by atomic mass is 10.3. The van der Waals surface area contributed by atoms with Crippen LogP contribution in [0.5, 0.6) is 0 Å². The standard InChI is InChI=1S/C9H13N5O3/c10-5-1-2-6(7(11)15)14-8(5)13-3-4-17-9(12)16/h1-2H,3-4,10H2,(H2,11,15)(H2,12,16)(H,13,14). The molecular formula is C9H13N5O3. The first-order valence-corrected chi connectivity index (χ1v) is 4.73. The van der Waals surface area contributed by atoms with Crippen LogP contribution in [0.25, 0.3) is 0 Å². The fourth-order valence-corrected chi connectivity index (χ4v) is 1.07.